The van der Waals surface area contributed by atoms with Gasteiger partial charge in [-0.2, -0.15) is 0 Å². The average Bonchev–Trinajstić information content (AvgIpc) is 2.66. The monoisotopic (exact) mass is 370 g/mol. The molecule has 0 unspecified atom stereocenters. The van der Waals surface area contributed by atoms with Crippen molar-refractivity contribution in [1.29, 1.82) is 0 Å². The topological polar surface area (TPSA) is 51.2 Å². The predicted octanol–water partition coefficient (Wildman–Crippen LogP) is 4.35. The minimum Gasteiger partial charge on any atom is -0.492 e. The molecule has 4 nitrogen and oxygen atoms in total. The van der Waals surface area contributed by atoms with Crippen molar-refractivity contribution < 1.29 is 13.9 Å². The molecular weight excluding hydrogens is 355 g/mol. The highest BCUT2D eigenvalue weighted by molar-refractivity contribution is 6.29. The zero-order chi connectivity index (χ0) is 18.4. The van der Waals surface area contributed by atoms with E-state index in [2.05, 4.69) is 10.3 Å². The second kappa shape index (κ2) is 8.45. The second-order valence-corrected chi connectivity index (χ2v) is 5.84. The van der Waals surface area contributed by atoms with Crippen molar-refractivity contribution in [1.82, 2.24) is 10.3 Å². The van der Waals surface area contributed by atoms with Crippen LogP contribution in [0.25, 0.3) is 11.3 Å². The number of nitrogens with one attached hydrogen (secondary N) is 1. The Morgan fingerprint density at radius 2 is 1.77 bits per heavy atom. The Labute approximate surface area is 155 Å². The summed E-state index contributed by atoms with van der Waals surface area (Å²) in [6.45, 7) is 0.669. The van der Waals surface area contributed by atoms with Gasteiger partial charge in [0.25, 0.3) is 5.91 Å². The molecule has 1 aromatic heterocycles. The van der Waals surface area contributed by atoms with E-state index in [9.17, 15) is 9.18 Å². The Morgan fingerprint density at radius 1 is 1.04 bits per heavy atom. The molecule has 1 N–H and O–H groups in total. The number of aromatic nitrogens is 1. The minimum absolute atomic E-state index is 0.258. The van der Waals surface area contributed by atoms with Crippen LogP contribution in [0.4, 0.5) is 4.39 Å². The number of nitrogens with zero attached hydrogens (tertiary/aromatic N) is 1. The lowest BCUT2D eigenvalue weighted by atomic mass is 10.1. The first kappa shape index (κ1) is 17.9. The van der Waals surface area contributed by atoms with Crippen molar-refractivity contribution in [2.45, 2.75) is 0 Å². The van der Waals surface area contributed by atoms with Crippen LogP contribution in [0, 0.1) is 5.82 Å². The lowest BCUT2D eigenvalue weighted by Gasteiger charge is -2.11. The third-order valence-electron chi connectivity index (χ3n) is 3.62. The normalized spacial score (nSPS) is 10.4. The quantitative estimate of drug-likeness (QED) is 0.518. The zero-order valence-corrected chi connectivity index (χ0v) is 14.5. The number of rotatable bonds is 6. The molecule has 3 rings (SSSR count). The van der Waals surface area contributed by atoms with Gasteiger partial charge in [-0.25, -0.2) is 9.37 Å². The number of hydrogen-bond acceptors (Lipinski definition) is 3. The van der Waals surface area contributed by atoms with Gasteiger partial charge < -0.3 is 10.1 Å². The maximum Gasteiger partial charge on any atom is 0.253 e. The fraction of sp³-hybridized carbons (Fsp3) is 0.100. The molecule has 0 fully saturated rings. The number of benzene rings is 2. The summed E-state index contributed by atoms with van der Waals surface area (Å²) < 4.78 is 18.7. The minimum atomic E-state index is -0.361. The maximum absolute atomic E-state index is 13.1. The molecule has 0 saturated heterocycles. The Hall–Kier alpha value is -2.92. The van der Waals surface area contributed by atoms with Crippen molar-refractivity contribution >= 4 is 17.5 Å². The second-order valence-electron chi connectivity index (χ2n) is 5.45. The van der Waals surface area contributed by atoms with Gasteiger partial charge in [-0.15, -0.1) is 0 Å². The van der Waals surface area contributed by atoms with Gasteiger partial charge in [0.1, 0.15) is 23.3 Å². The van der Waals surface area contributed by atoms with Gasteiger partial charge in [0, 0.05) is 5.56 Å². The number of carbonyl (C=O) groups excluding carboxylic acids is 1. The van der Waals surface area contributed by atoms with Gasteiger partial charge in [0.15, 0.2) is 0 Å². The van der Waals surface area contributed by atoms with Gasteiger partial charge in [0.2, 0.25) is 0 Å². The van der Waals surface area contributed by atoms with E-state index in [0.717, 1.165) is 5.75 Å². The van der Waals surface area contributed by atoms with Gasteiger partial charge >= 0.3 is 0 Å². The molecule has 0 spiro atoms. The lowest BCUT2D eigenvalue weighted by molar-refractivity contribution is 0.0947. The molecule has 0 aliphatic heterocycles. The molecule has 0 bridgehead atoms. The van der Waals surface area contributed by atoms with Crippen LogP contribution in [0.1, 0.15) is 10.4 Å². The van der Waals surface area contributed by atoms with Crippen LogP contribution in [0.2, 0.25) is 5.15 Å². The summed E-state index contributed by atoms with van der Waals surface area (Å²) in [6.07, 6.45) is 0. The van der Waals surface area contributed by atoms with E-state index in [1.165, 1.54) is 12.1 Å². The van der Waals surface area contributed by atoms with E-state index < -0.39 is 0 Å². The highest BCUT2D eigenvalue weighted by atomic mass is 35.5. The van der Waals surface area contributed by atoms with Gasteiger partial charge in [-0.3, -0.25) is 4.79 Å². The van der Waals surface area contributed by atoms with Crippen LogP contribution in [0.3, 0.4) is 0 Å². The Kier molecular flexibility index (Phi) is 5.81. The zero-order valence-electron chi connectivity index (χ0n) is 13.8. The van der Waals surface area contributed by atoms with E-state index in [1.54, 1.807) is 24.3 Å². The molecule has 0 aliphatic carbocycles. The summed E-state index contributed by atoms with van der Waals surface area (Å²) in [4.78, 5) is 16.7. The number of pyridine rings is 1. The molecule has 1 amide bonds. The number of ether oxygens (including phenoxy) is 1. The molecule has 0 saturated carbocycles. The largest absolute Gasteiger partial charge is 0.492 e. The van der Waals surface area contributed by atoms with Crippen LogP contribution in [-0.2, 0) is 0 Å². The summed E-state index contributed by atoms with van der Waals surface area (Å²) in [5, 5.41) is 3.05. The van der Waals surface area contributed by atoms with Crippen molar-refractivity contribution in [3.63, 3.8) is 0 Å². The van der Waals surface area contributed by atoms with E-state index in [0.29, 0.717) is 30.0 Å². The van der Waals surface area contributed by atoms with Crippen LogP contribution < -0.4 is 10.1 Å². The fourth-order valence-electron chi connectivity index (χ4n) is 2.39. The summed E-state index contributed by atoms with van der Waals surface area (Å²) in [5.74, 6) is 0.0758. The number of amides is 1. The summed E-state index contributed by atoms with van der Waals surface area (Å²) in [7, 11) is 0. The van der Waals surface area contributed by atoms with Gasteiger partial charge in [-0.05, 0) is 48.5 Å². The summed E-state index contributed by atoms with van der Waals surface area (Å²) in [6, 6.07) is 18.2. The Bertz CT molecular complexity index is 886. The molecular formula is C20H16ClFN2O2. The first-order valence-electron chi connectivity index (χ1n) is 8.02. The Balaban J connectivity index is 1.68. The molecule has 0 aliphatic rings. The highest BCUT2D eigenvalue weighted by Crippen LogP contribution is 2.24. The average molecular weight is 371 g/mol. The number of carbonyl (C=O) groups is 1. The predicted molar refractivity (Wildman–Crippen MR) is 98.9 cm³/mol. The van der Waals surface area contributed by atoms with Gasteiger partial charge in [-0.1, -0.05) is 29.8 Å². The molecule has 1 heterocycles. The molecule has 0 radical (unpaired) electrons. The van der Waals surface area contributed by atoms with Crippen molar-refractivity contribution in [3.05, 3.63) is 83.3 Å². The van der Waals surface area contributed by atoms with Crippen molar-refractivity contribution in [2.75, 3.05) is 13.2 Å². The summed E-state index contributed by atoms with van der Waals surface area (Å²) in [5.41, 5.74) is 1.37. The van der Waals surface area contributed by atoms with Crippen LogP contribution in [0.5, 0.6) is 5.75 Å². The third kappa shape index (κ3) is 4.58. The van der Waals surface area contributed by atoms with Gasteiger partial charge in [0.05, 0.1) is 17.8 Å². The molecule has 26 heavy (non-hydrogen) atoms. The van der Waals surface area contributed by atoms with E-state index in [1.807, 2.05) is 30.3 Å². The lowest BCUT2D eigenvalue weighted by Crippen LogP contribution is -2.28. The van der Waals surface area contributed by atoms with Crippen molar-refractivity contribution in [3.8, 4) is 17.0 Å². The first-order chi connectivity index (χ1) is 12.6. The number of hydrogen-bond donors (Lipinski definition) is 1. The molecule has 6 heteroatoms. The number of halogens is 2. The van der Waals surface area contributed by atoms with Crippen LogP contribution >= 0.6 is 11.6 Å². The SMILES string of the molecule is O=C(NCCOc1ccccc1)c1ccc(Cl)nc1-c1ccc(F)cc1. The van der Waals surface area contributed by atoms with E-state index >= 15 is 0 Å². The van der Waals surface area contributed by atoms with Crippen LogP contribution in [-0.4, -0.2) is 24.0 Å². The van der Waals surface area contributed by atoms with Crippen LogP contribution in [0.15, 0.2) is 66.7 Å². The fourth-order valence-corrected chi connectivity index (χ4v) is 2.54. The standard InChI is InChI=1S/C20H16ClFN2O2/c21-18-11-10-17(19(24-18)14-6-8-15(22)9-7-14)20(25)23-12-13-26-16-4-2-1-3-5-16/h1-11H,12-13H2,(H,23,25). The first-order valence-corrected chi connectivity index (χ1v) is 8.40. The molecule has 2 aromatic carbocycles. The third-order valence-corrected chi connectivity index (χ3v) is 3.83. The molecule has 0 atom stereocenters. The highest BCUT2D eigenvalue weighted by Gasteiger charge is 2.15. The maximum atomic E-state index is 13.1. The molecule has 132 valence electrons. The molecule has 3 aromatic rings. The van der Waals surface area contributed by atoms with E-state index in [4.69, 9.17) is 16.3 Å². The number of para-hydroxylation sites is 1. The van der Waals surface area contributed by atoms with Crippen molar-refractivity contribution in [2.24, 2.45) is 0 Å². The Morgan fingerprint density at radius 3 is 2.50 bits per heavy atom. The van der Waals surface area contributed by atoms with E-state index in [-0.39, 0.29) is 16.9 Å². The summed E-state index contributed by atoms with van der Waals surface area (Å²) >= 11 is 5.96. The smallest absolute Gasteiger partial charge is 0.253 e.